The van der Waals surface area contributed by atoms with Gasteiger partial charge in [0.2, 0.25) is 0 Å². The molecule has 0 atom stereocenters. The first-order chi connectivity index (χ1) is 19.4. The molecule has 0 amide bonds. The van der Waals surface area contributed by atoms with E-state index in [1.807, 2.05) is 0 Å². The number of nitrogens with zero attached hydrogens (tertiary/aromatic N) is 7. The van der Waals surface area contributed by atoms with E-state index in [0.717, 1.165) is 12.1 Å². The van der Waals surface area contributed by atoms with Crippen molar-refractivity contribution >= 4 is 61.8 Å². The van der Waals surface area contributed by atoms with Gasteiger partial charge in [0.05, 0.1) is 42.6 Å². The second kappa shape index (κ2) is 14.4. The van der Waals surface area contributed by atoms with E-state index >= 15 is 0 Å². The fourth-order valence-electron chi connectivity index (χ4n) is 3.75. The molecule has 4 aromatic rings. The van der Waals surface area contributed by atoms with Crippen LogP contribution in [0.25, 0.3) is 21.8 Å². The van der Waals surface area contributed by atoms with Crippen molar-refractivity contribution in [2.75, 3.05) is 19.0 Å². The molecule has 0 aliphatic rings. The van der Waals surface area contributed by atoms with Gasteiger partial charge in [-0.1, -0.05) is 44.7 Å². The van der Waals surface area contributed by atoms with Crippen molar-refractivity contribution in [1.29, 1.82) is 0 Å². The second-order valence-electron chi connectivity index (χ2n) is 8.57. The van der Waals surface area contributed by atoms with E-state index in [9.17, 15) is 40.5 Å². The van der Waals surface area contributed by atoms with Crippen LogP contribution in [0.3, 0.4) is 0 Å². The van der Waals surface area contributed by atoms with Crippen molar-refractivity contribution in [3.05, 3.63) is 94.3 Å². The molecule has 0 fully saturated rings. The van der Waals surface area contributed by atoms with Crippen LogP contribution in [0.4, 0.5) is 28.4 Å². The minimum atomic E-state index is -0.774. The number of rotatable bonds is 7. The third-order valence-electron chi connectivity index (χ3n) is 5.56. The van der Waals surface area contributed by atoms with E-state index in [-0.39, 0.29) is 49.6 Å². The number of halogens is 1. The summed E-state index contributed by atoms with van der Waals surface area (Å²) in [6.45, 7) is 4.42. The number of non-ortho nitro benzene ring substituents is 2. The fraction of sp³-hybridized carbons (Fsp3) is 0.280. The monoisotopic (exact) mass is 587 g/mol. The first kappa shape index (κ1) is 32.2. The first-order valence-corrected chi connectivity index (χ1v) is 12.5. The largest absolute Gasteiger partial charge is 0.370 e. The molecule has 0 radical (unpaired) electrons. The van der Waals surface area contributed by atoms with Crippen LogP contribution in [0.15, 0.2) is 48.8 Å². The van der Waals surface area contributed by atoms with Crippen molar-refractivity contribution in [3.63, 3.8) is 0 Å². The SMILES string of the molecule is CCCCC.CN(C)c1c([N+](=O)[O-])cc([N+](=O)[O-])c2cccnc12.O=[N+]([O-])c1cc([N+](=O)[O-])c2cccnc2c1Cl. The summed E-state index contributed by atoms with van der Waals surface area (Å²) in [7, 11) is 3.25. The first-order valence-electron chi connectivity index (χ1n) is 12.1. The molecule has 41 heavy (non-hydrogen) atoms. The Hall–Kier alpha value is -5.05. The van der Waals surface area contributed by atoms with Crippen LogP contribution in [0, 0.1) is 40.5 Å². The highest BCUT2D eigenvalue weighted by atomic mass is 35.5. The zero-order valence-corrected chi connectivity index (χ0v) is 23.3. The molecule has 0 saturated heterocycles. The van der Waals surface area contributed by atoms with Crippen LogP contribution < -0.4 is 4.90 Å². The van der Waals surface area contributed by atoms with Crippen molar-refractivity contribution < 1.29 is 19.7 Å². The standard InChI is InChI=1S/C11H10N4O4.C9H4ClN3O4.C5H12/c1-13(2)11-9(15(18)19)6-8(14(16)17)7-4-3-5-12-10(7)11;10-8-7(13(16)17)4-6(12(14)15)5-2-1-3-11-9(5)8;1-3-5-4-2/h3-6H,1-2H3;1-4H;3-5H2,1-2H3. The van der Waals surface area contributed by atoms with Crippen molar-refractivity contribution in [2.45, 2.75) is 33.1 Å². The Morgan fingerprint density at radius 1 is 0.707 bits per heavy atom. The van der Waals surface area contributed by atoms with E-state index in [2.05, 4.69) is 23.8 Å². The molecule has 16 heteroatoms. The van der Waals surface area contributed by atoms with Crippen molar-refractivity contribution in [3.8, 4) is 0 Å². The zero-order chi connectivity index (χ0) is 30.9. The Morgan fingerprint density at radius 2 is 1.12 bits per heavy atom. The lowest BCUT2D eigenvalue weighted by Crippen LogP contribution is -2.12. The number of nitro benzene ring substituents is 4. The summed E-state index contributed by atoms with van der Waals surface area (Å²) in [4.78, 5) is 50.2. The number of unbranched alkanes of at least 4 members (excludes halogenated alkanes) is 2. The van der Waals surface area contributed by atoms with E-state index in [0.29, 0.717) is 0 Å². The molecule has 0 saturated carbocycles. The summed E-state index contributed by atoms with van der Waals surface area (Å²) in [6.07, 6.45) is 6.89. The molecule has 216 valence electrons. The molecule has 0 aliphatic carbocycles. The Labute approximate surface area is 238 Å². The number of benzene rings is 2. The lowest BCUT2D eigenvalue weighted by Gasteiger charge is -2.14. The third kappa shape index (κ3) is 7.54. The van der Waals surface area contributed by atoms with Gasteiger partial charge in [-0.25, -0.2) is 0 Å². The van der Waals surface area contributed by atoms with Crippen LogP contribution in [0.5, 0.6) is 0 Å². The number of hydrogen-bond donors (Lipinski definition) is 0. The molecular weight excluding hydrogens is 562 g/mol. The van der Waals surface area contributed by atoms with Gasteiger partial charge in [-0.3, -0.25) is 50.4 Å². The van der Waals surface area contributed by atoms with Gasteiger partial charge in [0.1, 0.15) is 21.7 Å². The van der Waals surface area contributed by atoms with Crippen LogP contribution in [0.1, 0.15) is 33.1 Å². The Balaban J connectivity index is 0.000000248. The molecule has 2 aromatic heterocycles. The van der Waals surface area contributed by atoms with Crippen LogP contribution in [-0.2, 0) is 0 Å². The van der Waals surface area contributed by atoms with Crippen LogP contribution in [-0.4, -0.2) is 43.8 Å². The highest BCUT2D eigenvalue weighted by Gasteiger charge is 2.27. The molecule has 2 heterocycles. The van der Waals surface area contributed by atoms with Crippen molar-refractivity contribution in [1.82, 2.24) is 9.97 Å². The summed E-state index contributed by atoms with van der Waals surface area (Å²) in [5.41, 5.74) is -1.01. The number of aromatic nitrogens is 2. The summed E-state index contributed by atoms with van der Waals surface area (Å²) in [5.74, 6) is 0. The highest BCUT2D eigenvalue weighted by Crippen LogP contribution is 2.39. The molecule has 0 aliphatic heterocycles. The number of anilines is 1. The smallest absolute Gasteiger partial charge is 0.301 e. The van der Waals surface area contributed by atoms with Gasteiger partial charge in [0, 0.05) is 26.5 Å². The number of nitro groups is 4. The molecule has 0 unspecified atom stereocenters. The van der Waals surface area contributed by atoms with E-state index in [1.54, 1.807) is 20.2 Å². The van der Waals surface area contributed by atoms with Gasteiger partial charge in [-0.15, -0.1) is 0 Å². The lowest BCUT2D eigenvalue weighted by molar-refractivity contribution is -0.393. The summed E-state index contributed by atoms with van der Waals surface area (Å²) >= 11 is 5.79. The van der Waals surface area contributed by atoms with Crippen LogP contribution in [0.2, 0.25) is 5.02 Å². The van der Waals surface area contributed by atoms with Gasteiger partial charge < -0.3 is 4.90 Å². The number of fused-ring (bicyclic) bond motifs is 2. The summed E-state index contributed by atoms with van der Waals surface area (Å²) in [6, 6.07) is 7.83. The molecule has 2 aromatic carbocycles. The average molecular weight is 588 g/mol. The van der Waals surface area contributed by atoms with Gasteiger partial charge in [0.25, 0.3) is 17.1 Å². The normalized spacial score (nSPS) is 10.2. The maximum Gasteiger partial charge on any atom is 0.301 e. The highest BCUT2D eigenvalue weighted by molar-refractivity contribution is 6.37. The van der Waals surface area contributed by atoms with E-state index in [4.69, 9.17) is 11.6 Å². The Morgan fingerprint density at radius 3 is 1.51 bits per heavy atom. The Kier molecular flexibility index (Phi) is 11.3. The van der Waals surface area contributed by atoms with E-state index < -0.39 is 25.4 Å². The Bertz CT molecular complexity index is 1610. The van der Waals surface area contributed by atoms with E-state index in [1.165, 1.54) is 54.8 Å². The summed E-state index contributed by atoms with van der Waals surface area (Å²) in [5, 5.41) is 43.9. The van der Waals surface area contributed by atoms with Gasteiger partial charge >= 0.3 is 5.69 Å². The predicted molar refractivity (Wildman–Crippen MR) is 155 cm³/mol. The quantitative estimate of drug-likeness (QED) is 0.159. The third-order valence-corrected chi connectivity index (χ3v) is 5.93. The maximum atomic E-state index is 11.1. The second-order valence-corrected chi connectivity index (χ2v) is 8.95. The van der Waals surface area contributed by atoms with Gasteiger partial charge in [0.15, 0.2) is 0 Å². The molecular formula is C25H26ClN7O8. The van der Waals surface area contributed by atoms with Gasteiger partial charge in [-0.05, 0) is 24.3 Å². The molecule has 0 spiro atoms. The summed E-state index contributed by atoms with van der Waals surface area (Å²) < 4.78 is 0. The number of hydrogen-bond acceptors (Lipinski definition) is 11. The van der Waals surface area contributed by atoms with Crippen LogP contribution >= 0.6 is 11.6 Å². The average Bonchev–Trinajstić information content (AvgIpc) is 2.93. The number of pyridine rings is 2. The molecule has 4 rings (SSSR count). The lowest BCUT2D eigenvalue weighted by atomic mass is 10.1. The zero-order valence-electron chi connectivity index (χ0n) is 22.5. The predicted octanol–water partition coefficient (Wildman–Crippen LogP) is 7.02. The molecule has 0 bridgehead atoms. The van der Waals surface area contributed by atoms with Gasteiger partial charge in [-0.2, -0.15) is 0 Å². The fourth-order valence-corrected chi connectivity index (χ4v) is 4.02. The van der Waals surface area contributed by atoms with Crippen molar-refractivity contribution in [2.24, 2.45) is 0 Å². The topological polar surface area (TPSA) is 202 Å². The molecule has 0 N–H and O–H groups in total. The molecule has 15 nitrogen and oxygen atoms in total. The minimum absolute atomic E-state index is 0.0510. The maximum absolute atomic E-state index is 11.1. The minimum Gasteiger partial charge on any atom is -0.370 e.